The normalized spacial score (nSPS) is 10.3. The van der Waals surface area contributed by atoms with Crippen molar-refractivity contribution in [3.63, 3.8) is 0 Å². The molecule has 0 atom stereocenters. The summed E-state index contributed by atoms with van der Waals surface area (Å²) < 4.78 is 0. The van der Waals surface area contributed by atoms with E-state index in [1.807, 2.05) is 24.8 Å². The largest absolute Gasteiger partial charge is 0.370 e. The predicted octanol–water partition coefficient (Wildman–Crippen LogP) is 2.77. The zero-order valence-electron chi connectivity index (χ0n) is 10.9. The molecule has 5 heteroatoms. The molecule has 1 aromatic heterocycles. The number of thioether (sulfide) groups is 1. The molecule has 0 unspecified atom stereocenters. The number of hydrogen-bond acceptors (Lipinski definition) is 5. The van der Waals surface area contributed by atoms with Crippen molar-refractivity contribution in [2.75, 3.05) is 35.2 Å². The molecule has 0 saturated carbocycles. The van der Waals surface area contributed by atoms with Crippen molar-refractivity contribution in [3.8, 4) is 0 Å². The van der Waals surface area contributed by atoms with Gasteiger partial charge >= 0.3 is 0 Å². The minimum Gasteiger partial charge on any atom is -0.370 e. The summed E-state index contributed by atoms with van der Waals surface area (Å²) in [6, 6.07) is 1.96. The smallest absolute Gasteiger partial charge is 0.131 e. The van der Waals surface area contributed by atoms with Gasteiger partial charge in [-0.3, -0.25) is 0 Å². The van der Waals surface area contributed by atoms with Crippen LogP contribution in [0.5, 0.6) is 0 Å². The summed E-state index contributed by atoms with van der Waals surface area (Å²) in [5.41, 5.74) is 0. The first kappa shape index (κ1) is 14.1. The Morgan fingerprint density at radius 1 is 1.18 bits per heavy atom. The fraction of sp³-hybridized carbons (Fsp3) is 0.667. The monoisotopic (exact) mass is 254 g/mol. The van der Waals surface area contributed by atoms with E-state index in [9.17, 15) is 0 Å². The lowest BCUT2D eigenvalue weighted by Gasteiger charge is -2.08. The first-order valence-corrected chi connectivity index (χ1v) is 7.33. The Bertz CT molecular complexity index is 330. The van der Waals surface area contributed by atoms with Gasteiger partial charge < -0.3 is 10.6 Å². The lowest BCUT2D eigenvalue weighted by molar-refractivity contribution is 0.961. The van der Waals surface area contributed by atoms with Crippen molar-refractivity contribution >= 4 is 23.4 Å². The molecule has 0 aliphatic carbocycles. The molecule has 0 bridgehead atoms. The molecule has 96 valence electrons. The van der Waals surface area contributed by atoms with Crippen LogP contribution in [-0.4, -0.2) is 34.6 Å². The van der Waals surface area contributed by atoms with Crippen molar-refractivity contribution in [2.24, 2.45) is 0 Å². The van der Waals surface area contributed by atoms with Crippen LogP contribution in [0.4, 0.5) is 11.6 Å². The van der Waals surface area contributed by atoms with Crippen molar-refractivity contribution in [1.82, 2.24) is 9.97 Å². The third-order valence-electron chi connectivity index (χ3n) is 2.17. The van der Waals surface area contributed by atoms with Crippen LogP contribution < -0.4 is 10.6 Å². The van der Waals surface area contributed by atoms with E-state index in [1.165, 1.54) is 11.5 Å². The first-order valence-electron chi connectivity index (χ1n) is 6.17. The molecule has 0 amide bonds. The summed E-state index contributed by atoms with van der Waals surface area (Å²) in [5.74, 6) is 5.00. The molecule has 0 spiro atoms. The van der Waals surface area contributed by atoms with Crippen molar-refractivity contribution in [2.45, 2.75) is 27.2 Å². The molecule has 1 aromatic rings. The standard InChI is InChI=1S/C12H22N4S/c1-4-13-11-9-12(16-10(3)15-11)14-7-6-8-17-5-2/h9H,4-8H2,1-3H3,(H2,13,14,15,16). The van der Waals surface area contributed by atoms with Gasteiger partial charge in [-0.15, -0.1) is 0 Å². The molecule has 0 aromatic carbocycles. The number of hydrogen-bond donors (Lipinski definition) is 2. The van der Waals surface area contributed by atoms with E-state index >= 15 is 0 Å². The Morgan fingerprint density at radius 2 is 1.88 bits per heavy atom. The molecule has 1 rings (SSSR count). The van der Waals surface area contributed by atoms with Crippen molar-refractivity contribution in [3.05, 3.63) is 11.9 Å². The zero-order chi connectivity index (χ0) is 12.5. The number of nitrogens with one attached hydrogen (secondary N) is 2. The third kappa shape index (κ3) is 5.77. The van der Waals surface area contributed by atoms with Crippen LogP contribution in [0.15, 0.2) is 6.07 Å². The van der Waals surface area contributed by atoms with Gasteiger partial charge in [-0.2, -0.15) is 11.8 Å². The van der Waals surface area contributed by atoms with Gasteiger partial charge in [0.1, 0.15) is 17.5 Å². The number of nitrogens with zero attached hydrogens (tertiary/aromatic N) is 2. The van der Waals surface area contributed by atoms with E-state index in [0.29, 0.717) is 0 Å². The number of aromatic nitrogens is 2. The first-order chi connectivity index (χ1) is 8.26. The quantitative estimate of drug-likeness (QED) is 0.699. The van der Waals surface area contributed by atoms with Gasteiger partial charge in [0.15, 0.2) is 0 Å². The summed E-state index contributed by atoms with van der Waals surface area (Å²) in [7, 11) is 0. The van der Waals surface area contributed by atoms with Crippen LogP contribution in [0.1, 0.15) is 26.1 Å². The van der Waals surface area contributed by atoms with Crippen LogP contribution in [0.3, 0.4) is 0 Å². The van der Waals surface area contributed by atoms with Crippen molar-refractivity contribution < 1.29 is 0 Å². The average molecular weight is 254 g/mol. The molecule has 0 aliphatic rings. The molecule has 0 saturated heterocycles. The Labute approximate surface area is 108 Å². The zero-order valence-corrected chi connectivity index (χ0v) is 11.7. The van der Waals surface area contributed by atoms with E-state index in [4.69, 9.17) is 0 Å². The molecule has 2 N–H and O–H groups in total. The lowest BCUT2D eigenvalue weighted by Crippen LogP contribution is -2.08. The SMILES string of the molecule is CCNc1cc(NCCCSCC)nc(C)n1. The molecule has 4 nitrogen and oxygen atoms in total. The second-order valence-corrected chi connectivity index (χ2v) is 5.09. The molecule has 0 aliphatic heterocycles. The molecular weight excluding hydrogens is 232 g/mol. The highest BCUT2D eigenvalue weighted by Gasteiger charge is 2.00. The summed E-state index contributed by atoms with van der Waals surface area (Å²) in [4.78, 5) is 8.68. The Kier molecular flexibility index (Phi) is 6.77. The second kappa shape index (κ2) is 8.17. The van der Waals surface area contributed by atoms with Crippen LogP contribution in [-0.2, 0) is 0 Å². The Hall–Kier alpha value is -0.970. The number of anilines is 2. The van der Waals surface area contributed by atoms with Gasteiger partial charge in [0.25, 0.3) is 0 Å². The van der Waals surface area contributed by atoms with Gasteiger partial charge in [0, 0.05) is 19.2 Å². The minimum atomic E-state index is 0.800. The maximum atomic E-state index is 4.36. The fourth-order valence-electron chi connectivity index (χ4n) is 1.46. The highest BCUT2D eigenvalue weighted by atomic mass is 32.2. The van der Waals surface area contributed by atoms with Gasteiger partial charge in [-0.25, -0.2) is 9.97 Å². The van der Waals surface area contributed by atoms with Crippen LogP contribution >= 0.6 is 11.8 Å². The van der Waals surface area contributed by atoms with Gasteiger partial charge in [0.05, 0.1) is 0 Å². The predicted molar refractivity (Wildman–Crippen MR) is 77.0 cm³/mol. The minimum absolute atomic E-state index is 0.800. The van der Waals surface area contributed by atoms with E-state index < -0.39 is 0 Å². The molecule has 17 heavy (non-hydrogen) atoms. The van der Waals surface area contributed by atoms with Gasteiger partial charge in [-0.1, -0.05) is 6.92 Å². The van der Waals surface area contributed by atoms with E-state index in [2.05, 4.69) is 34.4 Å². The average Bonchev–Trinajstić information content (AvgIpc) is 2.28. The summed E-state index contributed by atoms with van der Waals surface area (Å²) >= 11 is 1.97. The van der Waals surface area contributed by atoms with Crippen LogP contribution in [0.25, 0.3) is 0 Å². The van der Waals surface area contributed by atoms with Crippen LogP contribution in [0.2, 0.25) is 0 Å². The molecular formula is C12H22N4S. The molecule has 0 radical (unpaired) electrons. The van der Waals surface area contributed by atoms with E-state index in [0.717, 1.165) is 37.0 Å². The second-order valence-electron chi connectivity index (χ2n) is 3.69. The van der Waals surface area contributed by atoms with Gasteiger partial charge in [0.2, 0.25) is 0 Å². The summed E-state index contributed by atoms with van der Waals surface area (Å²) in [6.45, 7) is 8.01. The topological polar surface area (TPSA) is 49.8 Å². The fourth-order valence-corrected chi connectivity index (χ4v) is 2.10. The third-order valence-corrected chi connectivity index (χ3v) is 3.16. The van der Waals surface area contributed by atoms with E-state index in [1.54, 1.807) is 0 Å². The number of rotatable bonds is 8. The van der Waals surface area contributed by atoms with Gasteiger partial charge in [-0.05, 0) is 31.8 Å². The van der Waals surface area contributed by atoms with E-state index in [-0.39, 0.29) is 0 Å². The lowest BCUT2D eigenvalue weighted by atomic mass is 10.4. The maximum Gasteiger partial charge on any atom is 0.131 e. The summed E-state index contributed by atoms with van der Waals surface area (Å²) in [6.07, 6.45) is 1.16. The Balaban J connectivity index is 2.41. The van der Waals surface area contributed by atoms with Crippen LogP contribution in [0, 0.1) is 6.92 Å². The summed E-state index contributed by atoms with van der Waals surface area (Å²) in [5, 5.41) is 6.54. The van der Waals surface area contributed by atoms with Crippen molar-refractivity contribution in [1.29, 1.82) is 0 Å². The maximum absolute atomic E-state index is 4.36. The highest BCUT2D eigenvalue weighted by Crippen LogP contribution is 2.11. The molecule has 0 fully saturated rings. The highest BCUT2D eigenvalue weighted by molar-refractivity contribution is 7.99. The number of aryl methyl sites for hydroxylation is 1. The Morgan fingerprint density at radius 3 is 2.53 bits per heavy atom. The molecule has 1 heterocycles.